The third kappa shape index (κ3) is 3.92. The van der Waals surface area contributed by atoms with Gasteiger partial charge in [0.1, 0.15) is 11.3 Å². The first kappa shape index (κ1) is 17.7. The van der Waals surface area contributed by atoms with E-state index in [1.807, 2.05) is 29.6 Å². The summed E-state index contributed by atoms with van der Waals surface area (Å²) in [6.45, 7) is 11.0. The van der Waals surface area contributed by atoms with Gasteiger partial charge in [0.2, 0.25) is 0 Å². The molecule has 0 spiro atoms. The Kier molecular flexibility index (Phi) is 5.53. The van der Waals surface area contributed by atoms with Gasteiger partial charge in [0.15, 0.2) is 0 Å². The number of hydrogen-bond donors (Lipinski definition) is 0. The predicted molar refractivity (Wildman–Crippen MR) is 94.3 cm³/mol. The van der Waals surface area contributed by atoms with E-state index in [9.17, 15) is 4.79 Å². The van der Waals surface area contributed by atoms with E-state index in [1.165, 1.54) is 5.56 Å². The Labute approximate surface area is 148 Å². The molecule has 25 heavy (non-hydrogen) atoms. The molecule has 0 N–H and O–H groups in total. The lowest BCUT2D eigenvalue weighted by Crippen LogP contribution is -2.35. The molecule has 3 heterocycles. The molecule has 136 valence electrons. The Bertz CT molecular complexity index is 721. The molecule has 1 aliphatic rings. The lowest BCUT2D eigenvalue weighted by atomic mass is 10.1. The smallest absolute Gasteiger partial charge is 0.259 e. The maximum atomic E-state index is 12.9. The molecular weight excluding hydrogens is 318 g/mol. The molecule has 0 aliphatic carbocycles. The molecule has 1 saturated heterocycles. The summed E-state index contributed by atoms with van der Waals surface area (Å²) in [7, 11) is 0. The van der Waals surface area contributed by atoms with Crippen molar-refractivity contribution in [1.29, 1.82) is 0 Å². The molecule has 0 aromatic carbocycles. The van der Waals surface area contributed by atoms with Gasteiger partial charge in [-0.1, -0.05) is 12.1 Å². The quantitative estimate of drug-likeness (QED) is 0.830. The molecule has 0 unspecified atom stereocenters. The Hall–Kier alpha value is -2.15. The summed E-state index contributed by atoms with van der Waals surface area (Å²) in [5, 5.41) is 8.35. The number of hydrogen-bond acceptors (Lipinski definition) is 5. The Balaban J connectivity index is 1.63. The Morgan fingerprint density at radius 2 is 2.08 bits per heavy atom. The van der Waals surface area contributed by atoms with E-state index in [-0.39, 0.29) is 5.91 Å². The van der Waals surface area contributed by atoms with Crippen LogP contribution in [0.4, 0.5) is 0 Å². The summed E-state index contributed by atoms with van der Waals surface area (Å²) in [5.41, 5.74) is 2.64. The third-order valence-electron chi connectivity index (χ3n) is 4.77. The van der Waals surface area contributed by atoms with Crippen LogP contribution in [0.3, 0.4) is 0 Å². The zero-order valence-corrected chi connectivity index (χ0v) is 15.4. The number of rotatable bonds is 5. The molecule has 2 aromatic heterocycles. The fourth-order valence-electron chi connectivity index (χ4n) is 3.34. The highest BCUT2D eigenvalue weighted by Crippen LogP contribution is 2.18. The van der Waals surface area contributed by atoms with Gasteiger partial charge < -0.3 is 9.42 Å². The van der Waals surface area contributed by atoms with E-state index < -0.39 is 0 Å². The van der Waals surface area contributed by atoms with Crippen LogP contribution in [0, 0.1) is 6.92 Å². The zero-order chi connectivity index (χ0) is 17.8. The monoisotopic (exact) mass is 345 g/mol. The maximum absolute atomic E-state index is 12.9. The van der Waals surface area contributed by atoms with Crippen LogP contribution < -0.4 is 0 Å². The number of nitrogens with zero attached hydrogens (tertiary/aromatic N) is 5. The molecule has 0 radical (unpaired) electrons. The predicted octanol–water partition coefficient (Wildman–Crippen LogP) is 2.11. The van der Waals surface area contributed by atoms with Crippen molar-refractivity contribution in [3.63, 3.8) is 0 Å². The van der Waals surface area contributed by atoms with Gasteiger partial charge in [-0.25, -0.2) is 0 Å². The van der Waals surface area contributed by atoms with Crippen LogP contribution in [-0.2, 0) is 19.5 Å². The minimum atomic E-state index is 0.0521. The first-order chi connectivity index (χ1) is 12.1. The molecule has 2 aromatic rings. The molecule has 0 atom stereocenters. The molecule has 0 saturated carbocycles. The van der Waals surface area contributed by atoms with Gasteiger partial charge in [0.05, 0.1) is 11.9 Å². The SMILES string of the molecule is CCc1noc(C)c1C(=O)N1CCCN(Cc2cnn(CC)c2)CC1. The summed E-state index contributed by atoms with van der Waals surface area (Å²) in [4.78, 5) is 17.2. The summed E-state index contributed by atoms with van der Waals surface area (Å²) in [6.07, 6.45) is 5.71. The molecule has 0 bridgehead atoms. The topological polar surface area (TPSA) is 67.4 Å². The van der Waals surface area contributed by atoms with Crippen molar-refractivity contribution >= 4 is 5.91 Å². The van der Waals surface area contributed by atoms with Gasteiger partial charge in [0, 0.05) is 51.0 Å². The highest BCUT2D eigenvalue weighted by atomic mass is 16.5. The van der Waals surface area contributed by atoms with Crippen LogP contribution >= 0.6 is 0 Å². The molecule has 1 aliphatic heterocycles. The molecule has 3 rings (SSSR count). The van der Waals surface area contributed by atoms with Crippen LogP contribution in [0.15, 0.2) is 16.9 Å². The minimum Gasteiger partial charge on any atom is -0.361 e. The summed E-state index contributed by atoms with van der Waals surface area (Å²) < 4.78 is 7.17. The normalized spacial score (nSPS) is 16.2. The molecule has 1 amide bonds. The van der Waals surface area contributed by atoms with E-state index in [0.717, 1.165) is 51.4 Å². The lowest BCUT2D eigenvalue weighted by molar-refractivity contribution is 0.0758. The summed E-state index contributed by atoms with van der Waals surface area (Å²) in [5.74, 6) is 0.672. The largest absolute Gasteiger partial charge is 0.361 e. The van der Waals surface area contributed by atoms with Gasteiger partial charge in [0.25, 0.3) is 5.91 Å². The van der Waals surface area contributed by atoms with Gasteiger partial charge in [-0.2, -0.15) is 5.10 Å². The average molecular weight is 345 g/mol. The highest BCUT2D eigenvalue weighted by Gasteiger charge is 2.26. The van der Waals surface area contributed by atoms with Gasteiger partial charge in [-0.3, -0.25) is 14.4 Å². The van der Waals surface area contributed by atoms with Gasteiger partial charge in [-0.15, -0.1) is 0 Å². The van der Waals surface area contributed by atoms with Crippen LogP contribution in [0.1, 0.15) is 47.6 Å². The maximum Gasteiger partial charge on any atom is 0.259 e. The average Bonchev–Trinajstić information content (AvgIpc) is 3.14. The van der Waals surface area contributed by atoms with Gasteiger partial charge >= 0.3 is 0 Å². The number of carbonyl (C=O) groups is 1. The number of carbonyl (C=O) groups excluding carboxylic acids is 1. The zero-order valence-electron chi connectivity index (χ0n) is 15.4. The lowest BCUT2D eigenvalue weighted by Gasteiger charge is -2.21. The fraction of sp³-hybridized carbons (Fsp3) is 0.611. The second-order valence-corrected chi connectivity index (χ2v) is 6.54. The molecule has 7 nitrogen and oxygen atoms in total. The van der Waals surface area contributed by atoms with E-state index in [4.69, 9.17) is 4.52 Å². The van der Waals surface area contributed by atoms with Crippen molar-refractivity contribution in [2.24, 2.45) is 0 Å². The van der Waals surface area contributed by atoms with E-state index in [2.05, 4.69) is 28.3 Å². The van der Waals surface area contributed by atoms with Crippen LogP contribution in [-0.4, -0.2) is 56.8 Å². The second-order valence-electron chi connectivity index (χ2n) is 6.54. The molecule has 7 heteroatoms. The molecular formula is C18H27N5O2. The number of aromatic nitrogens is 3. The van der Waals surface area contributed by atoms with E-state index >= 15 is 0 Å². The van der Waals surface area contributed by atoms with E-state index in [0.29, 0.717) is 17.7 Å². The van der Waals surface area contributed by atoms with Crippen molar-refractivity contribution in [1.82, 2.24) is 24.7 Å². The fourth-order valence-corrected chi connectivity index (χ4v) is 3.34. The Morgan fingerprint density at radius 1 is 1.24 bits per heavy atom. The van der Waals surface area contributed by atoms with Crippen LogP contribution in [0.2, 0.25) is 0 Å². The van der Waals surface area contributed by atoms with Crippen molar-refractivity contribution in [2.45, 2.75) is 46.7 Å². The summed E-state index contributed by atoms with van der Waals surface area (Å²) in [6, 6.07) is 0. The number of amides is 1. The standard InChI is InChI=1S/C18H27N5O2/c1-4-16-17(14(3)25-20-16)18(24)22-8-6-7-21(9-10-22)12-15-11-19-23(5-2)13-15/h11,13H,4-10,12H2,1-3H3. The van der Waals surface area contributed by atoms with Crippen LogP contribution in [0.5, 0.6) is 0 Å². The summed E-state index contributed by atoms with van der Waals surface area (Å²) >= 11 is 0. The van der Waals surface area contributed by atoms with Crippen molar-refractivity contribution in [3.05, 3.63) is 35.0 Å². The van der Waals surface area contributed by atoms with Crippen molar-refractivity contribution < 1.29 is 9.32 Å². The van der Waals surface area contributed by atoms with Gasteiger partial charge in [-0.05, 0) is 26.7 Å². The Morgan fingerprint density at radius 3 is 2.80 bits per heavy atom. The second kappa shape index (κ2) is 7.82. The highest BCUT2D eigenvalue weighted by molar-refractivity contribution is 5.96. The van der Waals surface area contributed by atoms with Crippen molar-refractivity contribution in [2.75, 3.05) is 26.2 Å². The van der Waals surface area contributed by atoms with Crippen LogP contribution in [0.25, 0.3) is 0 Å². The van der Waals surface area contributed by atoms with Crippen molar-refractivity contribution in [3.8, 4) is 0 Å². The third-order valence-corrected chi connectivity index (χ3v) is 4.77. The van der Waals surface area contributed by atoms with E-state index in [1.54, 1.807) is 0 Å². The first-order valence-electron chi connectivity index (χ1n) is 9.10. The molecule has 1 fully saturated rings. The minimum absolute atomic E-state index is 0.0521. The number of aryl methyl sites for hydroxylation is 3. The first-order valence-corrected chi connectivity index (χ1v) is 9.10.